The molecule has 0 atom stereocenters. The predicted octanol–water partition coefficient (Wildman–Crippen LogP) is 3.35. The van der Waals surface area contributed by atoms with Crippen LogP contribution in [0, 0.1) is 20.2 Å². The van der Waals surface area contributed by atoms with Gasteiger partial charge in [-0.1, -0.05) is 6.07 Å². The monoisotopic (exact) mass is 310 g/mol. The zero-order valence-corrected chi connectivity index (χ0v) is 11.3. The molecule has 23 heavy (non-hydrogen) atoms. The van der Waals surface area contributed by atoms with E-state index in [-0.39, 0.29) is 27.7 Å². The number of hydrogen-bond donors (Lipinski definition) is 0. The van der Waals surface area contributed by atoms with Gasteiger partial charge in [0.05, 0.1) is 20.6 Å². The summed E-state index contributed by atoms with van der Waals surface area (Å²) in [7, 11) is 0. The van der Waals surface area contributed by atoms with Gasteiger partial charge in [0.2, 0.25) is 5.58 Å². The zero-order valence-electron chi connectivity index (χ0n) is 11.3. The van der Waals surface area contributed by atoms with Crippen LogP contribution in [0.5, 0.6) is 0 Å². The first-order valence-corrected chi connectivity index (χ1v) is 6.52. The van der Waals surface area contributed by atoms with Gasteiger partial charge in [-0.15, -0.1) is 0 Å². The summed E-state index contributed by atoms with van der Waals surface area (Å²) >= 11 is 0. The minimum Gasteiger partial charge on any atom is -0.415 e. The molecule has 0 saturated carbocycles. The largest absolute Gasteiger partial charge is 0.415 e. The molecule has 0 N–H and O–H groups in total. The predicted molar refractivity (Wildman–Crippen MR) is 82.0 cm³/mol. The van der Waals surface area contributed by atoms with Gasteiger partial charge in [-0.3, -0.25) is 20.2 Å². The summed E-state index contributed by atoms with van der Waals surface area (Å²) in [4.78, 5) is 33.3. The van der Waals surface area contributed by atoms with Crippen molar-refractivity contribution in [1.29, 1.82) is 0 Å². The lowest BCUT2D eigenvalue weighted by Gasteiger charge is -2.09. The normalized spacial score (nSPS) is 11.5. The maximum absolute atomic E-state index is 12.2. The van der Waals surface area contributed by atoms with Crippen LogP contribution in [0.3, 0.4) is 0 Å². The highest BCUT2D eigenvalue weighted by Crippen LogP contribution is 2.39. The maximum atomic E-state index is 12.2. The van der Waals surface area contributed by atoms with E-state index < -0.39 is 15.5 Å². The minimum atomic E-state index is -0.765. The van der Waals surface area contributed by atoms with Gasteiger partial charge >= 0.3 is 11.3 Å². The Bertz CT molecular complexity index is 1190. The molecule has 0 unspecified atom stereocenters. The highest BCUT2D eigenvalue weighted by molar-refractivity contribution is 6.24. The summed E-state index contributed by atoms with van der Waals surface area (Å²) in [5.41, 5.74) is -1.45. The van der Waals surface area contributed by atoms with E-state index in [1.54, 1.807) is 6.07 Å². The molecule has 0 amide bonds. The zero-order chi connectivity index (χ0) is 16.3. The quantitative estimate of drug-likeness (QED) is 0.242. The number of nitro groups is 2. The molecule has 0 radical (unpaired) electrons. The molecule has 0 spiro atoms. The van der Waals surface area contributed by atoms with Gasteiger partial charge in [-0.2, -0.15) is 0 Å². The third-order valence-electron chi connectivity index (χ3n) is 3.88. The fourth-order valence-electron chi connectivity index (χ4n) is 2.93. The third kappa shape index (κ3) is 1.62. The maximum Gasteiger partial charge on any atom is 0.344 e. The summed E-state index contributed by atoms with van der Waals surface area (Å²) in [6, 6.07) is 8.46. The Hall–Kier alpha value is -3.55. The van der Waals surface area contributed by atoms with Crippen molar-refractivity contribution < 1.29 is 14.3 Å². The van der Waals surface area contributed by atoms with Crippen LogP contribution >= 0.6 is 0 Å². The molecule has 3 aromatic carbocycles. The first kappa shape index (κ1) is 13.1. The molecule has 0 aliphatic rings. The van der Waals surface area contributed by atoms with E-state index in [2.05, 4.69) is 0 Å². The van der Waals surface area contributed by atoms with Gasteiger partial charge in [0.1, 0.15) is 0 Å². The van der Waals surface area contributed by atoms with E-state index in [0.29, 0.717) is 16.2 Å². The summed E-state index contributed by atoms with van der Waals surface area (Å²) in [6.45, 7) is 0. The molecule has 4 rings (SSSR count). The number of hydrogen-bond acceptors (Lipinski definition) is 6. The Labute approximate surface area is 126 Å². The van der Waals surface area contributed by atoms with E-state index in [4.69, 9.17) is 4.42 Å². The van der Waals surface area contributed by atoms with Crippen LogP contribution in [0.1, 0.15) is 0 Å². The lowest BCUT2D eigenvalue weighted by atomic mass is 9.97. The van der Waals surface area contributed by atoms with Crippen molar-refractivity contribution in [3.05, 3.63) is 67.0 Å². The molecule has 0 aliphatic carbocycles. The van der Waals surface area contributed by atoms with E-state index in [9.17, 15) is 25.0 Å². The molecular weight excluding hydrogens is 304 g/mol. The molecule has 112 valence electrons. The second-order valence-corrected chi connectivity index (χ2v) is 5.04. The SMILES string of the molecule is O=c1oc2c([N+](=O)[O-])ccc3ccc4c([N+](=O)[O-])ccc1c4c32. The van der Waals surface area contributed by atoms with Gasteiger partial charge in [0.25, 0.3) is 5.69 Å². The summed E-state index contributed by atoms with van der Waals surface area (Å²) in [6.07, 6.45) is 0. The van der Waals surface area contributed by atoms with Crippen molar-refractivity contribution >= 4 is 43.9 Å². The molecule has 0 saturated heterocycles. The first-order chi connectivity index (χ1) is 11.0. The molecule has 0 fully saturated rings. The topological polar surface area (TPSA) is 116 Å². The van der Waals surface area contributed by atoms with Gasteiger partial charge in [0.15, 0.2) is 0 Å². The molecule has 8 nitrogen and oxygen atoms in total. The van der Waals surface area contributed by atoms with Gasteiger partial charge < -0.3 is 4.42 Å². The Morgan fingerprint density at radius 3 is 2.09 bits per heavy atom. The molecule has 8 heteroatoms. The van der Waals surface area contributed by atoms with Gasteiger partial charge in [-0.05, 0) is 23.6 Å². The van der Waals surface area contributed by atoms with Crippen LogP contribution in [0.25, 0.3) is 32.5 Å². The van der Waals surface area contributed by atoms with Crippen LogP contribution in [0.2, 0.25) is 0 Å². The number of nitro benzene ring substituents is 2. The van der Waals surface area contributed by atoms with Crippen molar-refractivity contribution in [2.75, 3.05) is 0 Å². The van der Waals surface area contributed by atoms with Crippen LogP contribution < -0.4 is 5.63 Å². The average molecular weight is 310 g/mol. The van der Waals surface area contributed by atoms with Crippen molar-refractivity contribution in [2.45, 2.75) is 0 Å². The Morgan fingerprint density at radius 2 is 1.39 bits per heavy atom. The van der Waals surface area contributed by atoms with Crippen LogP contribution in [0.4, 0.5) is 11.4 Å². The molecule has 1 heterocycles. The van der Waals surface area contributed by atoms with E-state index in [0.717, 1.165) is 0 Å². The van der Waals surface area contributed by atoms with Crippen LogP contribution in [-0.2, 0) is 0 Å². The standard InChI is InChI=1S/C15H6N2O6/c18-15-9-4-6-10(16(19)20)8-3-1-7-2-5-11(17(21)22)14(23-15)12(7)13(8)9/h1-6H. The van der Waals surface area contributed by atoms with E-state index in [1.165, 1.54) is 30.3 Å². The molecule has 0 aliphatic heterocycles. The third-order valence-corrected chi connectivity index (χ3v) is 3.88. The summed E-state index contributed by atoms with van der Waals surface area (Å²) < 4.78 is 5.14. The number of benzene rings is 3. The van der Waals surface area contributed by atoms with Crippen LogP contribution in [-0.4, -0.2) is 9.85 Å². The van der Waals surface area contributed by atoms with Crippen LogP contribution in [0.15, 0.2) is 45.6 Å². The fraction of sp³-hybridized carbons (Fsp3) is 0. The van der Waals surface area contributed by atoms with Crippen molar-refractivity contribution in [2.24, 2.45) is 0 Å². The van der Waals surface area contributed by atoms with Gasteiger partial charge in [-0.25, -0.2) is 4.79 Å². The van der Waals surface area contributed by atoms with Crippen molar-refractivity contribution in [3.63, 3.8) is 0 Å². The Morgan fingerprint density at radius 1 is 0.783 bits per heavy atom. The molecule has 0 bridgehead atoms. The van der Waals surface area contributed by atoms with Crippen molar-refractivity contribution in [3.8, 4) is 0 Å². The van der Waals surface area contributed by atoms with E-state index in [1.807, 2.05) is 0 Å². The Kier molecular flexibility index (Phi) is 2.42. The lowest BCUT2D eigenvalue weighted by Crippen LogP contribution is -2.03. The summed E-state index contributed by atoms with van der Waals surface area (Å²) in [5, 5.41) is 24.0. The number of nitrogens with zero attached hydrogens (tertiary/aromatic N) is 2. The number of rotatable bonds is 2. The number of non-ortho nitro benzene ring substituents is 2. The molecule has 4 aromatic rings. The second kappa shape index (κ2) is 4.23. The summed E-state index contributed by atoms with van der Waals surface area (Å²) in [5.74, 6) is 0. The minimum absolute atomic E-state index is 0.157. The first-order valence-electron chi connectivity index (χ1n) is 6.52. The lowest BCUT2D eigenvalue weighted by molar-refractivity contribution is -0.383. The average Bonchev–Trinajstić information content (AvgIpc) is 2.52. The highest BCUT2D eigenvalue weighted by atomic mass is 16.6. The Balaban J connectivity index is 2.40. The highest BCUT2D eigenvalue weighted by Gasteiger charge is 2.24. The fourth-order valence-corrected chi connectivity index (χ4v) is 2.93. The van der Waals surface area contributed by atoms with Gasteiger partial charge in [0, 0.05) is 22.9 Å². The molecule has 1 aromatic heterocycles. The van der Waals surface area contributed by atoms with Crippen molar-refractivity contribution in [1.82, 2.24) is 0 Å². The molecular formula is C15H6N2O6. The smallest absolute Gasteiger partial charge is 0.344 e. The second-order valence-electron chi connectivity index (χ2n) is 5.04. The van der Waals surface area contributed by atoms with E-state index >= 15 is 0 Å².